The van der Waals surface area contributed by atoms with Crippen LogP contribution in [0.25, 0.3) is 0 Å². The molecular weight excluding hydrogens is 562 g/mol. The van der Waals surface area contributed by atoms with Crippen LogP contribution >= 0.6 is 0 Å². The molecule has 46 heavy (non-hydrogen) atoms. The van der Waals surface area contributed by atoms with Gasteiger partial charge in [-0.3, -0.25) is 0 Å². The molecule has 1 aliphatic heterocycles. The van der Waals surface area contributed by atoms with Crippen LogP contribution in [0.5, 0.6) is 0 Å². The van der Waals surface area contributed by atoms with Gasteiger partial charge >= 0.3 is 0 Å². The molecule has 0 amide bonds. The van der Waals surface area contributed by atoms with E-state index in [0.717, 1.165) is 38.8 Å². The van der Waals surface area contributed by atoms with Crippen LogP contribution in [0.2, 0.25) is 0 Å². The van der Waals surface area contributed by atoms with Crippen molar-refractivity contribution >= 4 is 0 Å². The van der Waals surface area contributed by atoms with Gasteiger partial charge in [-0.05, 0) is 65.5 Å². The van der Waals surface area contributed by atoms with Crippen molar-refractivity contribution in [1.29, 1.82) is 0 Å². The van der Waals surface area contributed by atoms with Gasteiger partial charge in [0.1, 0.15) is 0 Å². The highest BCUT2D eigenvalue weighted by atomic mass is 16.7. The van der Waals surface area contributed by atoms with Crippen LogP contribution < -0.4 is 0 Å². The van der Waals surface area contributed by atoms with Crippen molar-refractivity contribution in [1.82, 2.24) is 4.90 Å². The van der Waals surface area contributed by atoms with Gasteiger partial charge in [0.05, 0.1) is 12.7 Å². The van der Waals surface area contributed by atoms with Gasteiger partial charge in [-0.15, -0.1) is 0 Å². The molecule has 0 saturated carbocycles. The van der Waals surface area contributed by atoms with Gasteiger partial charge < -0.3 is 14.4 Å². The van der Waals surface area contributed by atoms with E-state index in [1.807, 2.05) is 0 Å². The van der Waals surface area contributed by atoms with Gasteiger partial charge in [0, 0.05) is 19.4 Å². The average Bonchev–Trinajstić information content (AvgIpc) is 3.46. The number of nitrogens with zero attached hydrogens (tertiary/aromatic N) is 1. The Labute approximate surface area is 290 Å². The van der Waals surface area contributed by atoms with Gasteiger partial charge in [0.25, 0.3) is 0 Å². The first-order chi connectivity index (χ1) is 22.6. The Bertz CT molecular complexity index is 674. The molecule has 3 heteroatoms. The summed E-state index contributed by atoms with van der Waals surface area (Å²) in [6.45, 7) is 6.44. The Morgan fingerprint density at radius 3 is 1.37 bits per heavy atom. The predicted molar refractivity (Wildman–Crippen MR) is 205 cm³/mol. The zero-order valence-corrected chi connectivity index (χ0v) is 32.0. The monoisotopic (exact) mass is 646 g/mol. The van der Waals surface area contributed by atoms with E-state index in [9.17, 15) is 0 Å². The molecule has 0 bridgehead atoms. The Morgan fingerprint density at radius 2 is 0.913 bits per heavy atom. The van der Waals surface area contributed by atoms with Crippen molar-refractivity contribution in [3.05, 3.63) is 24.3 Å². The molecule has 1 aliphatic rings. The van der Waals surface area contributed by atoms with E-state index in [2.05, 4.69) is 57.1 Å². The summed E-state index contributed by atoms with van der Waals surface area (Å²) in [7, 11) is 4.31. The number of hydrogen-bond donors (Lipinski definition) is 0. The van der Waals surface area contributed by atoms with Crippen molar-refractivity contribution < 1.29 is 9.47 Å². The minimum Gasteiger partial charge on any atom is -0.347 e. The molecule has 2 atom stereocenters. The lowest BCUT2D eigenvalue weighted by molar-refractivity contribution is -0.180. The summed E-state index contributed by atoms with van der Waals surface area (Å²) in [6, 6.07) is 0. The summed E-state index contributed by atoms with van der Waals surface area (Å²) in [6.07, 6.45) is 51.2. The number of ether oxygens (including phenoxy) is 2. The van der Waals surface area contributed by atoms with Crippen LogP contribution in [0.3, 0.4) is 0 Å². The van der Waals surface area contributed by atoms with Gasteiger partial charge in [0.2, 0.25) is 0 Å². The first kappa shape index (κ1) is 43.4. The fraction of sp³-hybridized carbons (Fsp3) is 0.907. The molecular formula is C43H83NO2. The summed E-state index contributed by atoms with van der Waals surface area (Å²) >= 11 is 0. The van der Waals surface area contributed by atoms with E-state index >= 15 is 0 Å². The molecule has 0 spiro atoms. The summed E-state index contributed by atoms with van der Waals surface area (Å²) in [4.78, 5) is 2.27. The number of unbranched alkanes of at least 4 members (excludes halogenated alkanes) is 24. The van der Waals surface area contributed by atoms with E-state index < -0.39 is 0 Å². The minimum absolute atomic E-state index is 0.271. The molecule has 1 fully saturated rings. The smallest absolute Gasteiger partial charge is 0.168 e. The lowest BCUT2D eigenvalue weighted by Crippen LogP contribution is -2.31. The highest BCUT2D eigenvalue weighted by molar-refractivity contribution is 4.92. The van der Waals surface area contributed by atoms with Crippen LogP contribution in [0.4, 0.5) is 0 Å². The Kier molecular flexibility index (Phi) is 31.0. The lowest BCUT2D eigenvalue weighted by Gasteiger charge is -2.29. The predicted octanol–water partition coefficient (Wildman–Crippen LogP) is 13.9. The molecule has 1 rings (SSSR count). The summed E-state index contributed by atoms with van der Waals surface area (Å²) in [5, 5.41) is 0. The normalized spacial score (nSPS) is 18.7. The van der Waals surface area contributed by atoms with E-state index in [0.29, 0.717) is 0 Å². The largest absolute Gasteiger partial charge is 0.347 e. The van der Waals surface area contributed by atoms with E-state index in [4.69, 9.17) is 9.47 Å². The first-order valence-corrected chi connectivity index (χ1v) is 20.9. The van der Waals surface area contributed by atoms with Crippen molar-refractivity contribution in [2.45, 2.75) is 225 Å². The number of allylic oxidation sites excluding steroid dienone is 4. The minimum atomic E-state index is -0.303. The van der Waals surface area contributed by atoms with Gasteiger partial charge in [-0.1, -0.05) is 173 Å². The van der Waals surface area contributed by atoms with Crippen LogP contribution in [0.1, 0.15) is 213 Å². The second kappa shape index (κ2) is 32.9. The van der Waals surface area contributed by atoms with Gasteiger partial charge in [-0.25, -0.2) is 0 Å². The topological polar surface area (TPSA) is 21.7 Å². The molecule has 272 valence electrons. The molecule has 0 N–H and O–H groups in total. The highest BCUT2D eigenvalue weighted by Crippen LogP contribution is 2.35. The average molecular weight is 646 g/mol. The second-order valence-corrected chi connectivity index (χ2v) is 14.9. The SMILES string of the molecule is CCCCC/C=C\C/C=C\CCCCCCCCC1(CCCCCCCCCCCCCCCCCC)OCC(CCN(C)C)O1. The Morgan fingerprint density at radius 1 is 0.522 bits per heavy atom. The zero-order valence-electron chi connectivity index (χ0n) is 32.0. The van der Waals surface area contributed by atoms with E-state index in [1.165, 1.54) is 173 Å². The third-order valence-corrected chi connectivity index (χ3v) is 9.98. The van der Waals surface area contributed by atoms with Crippen LogP contribution in [0.15, 0.2) is 24.3 Å². The molecule has 0 aromatic carbocycles. The molecule has 1 saturated heterocycles. The van der Waals surface area contributed by atoms with Crippen molar-refractivity contribution in [3.63, 3.8) is 0 Å². The maximum Gasteiger partial charge on any atom is 0.168 e. The molecule has 3 nitrogen and oxygen atoms in total. The Balaban J connectivity index is 2.12. The maximum atomic E-state index is 6.69. The van der Waals surface area contributed by atoms with Crippen LogP contribution in [0, 0.1) is 0 Å². The van der Waals surface area contributed by atoms with Gasteiger partial charge in [0.15, 0.2) is 5.79 Å². The number of rotatable bonds is 35. The fourth-order valence-corrected chi connectivity index (χ4v) is 6.87. The lowest BCUT2D eigenvalue weighted by atomic mass is 9.98. The molecule has 0 aromatic rings. The highest BCUT2D eigenvalue weighted by Gasteiger charge is 2.40. The third-order valence-electron chi connectivity index (χ3n) is 9.98. The molecule has 0 aliphatic carbocycles. The molecule has 2 unspecified atom stereocenters. The standard InChI is InChI=1S/C43H83NO2/c1-5-7-9-11-13-15-17-19-21-23-25-27-29-31-33-35-38-43(45-41-42(46-43)37-40-44(3)4)39-36-34-32-30-28-26-24-22-20-18-16-14-12-10-8-6-2/h13,15,19,21,42H,5-12,14,16-18,20,22-41H2,1-4H3/b15-13-,21-19-. The van der Waals surface area contributed by atoms with Crippen molar-refractivity contribution in [2.24, 2.45) is 0 Å². The first-order valence-electron chi connectivity index (χ1n) is 20.9. The molecule has 1 heterocycles. The third kappa shape index (κ3) is 27.3. The molecule has 0 aromatic heterocycles. The quantitative estimate of drug-likeness (QED) is 0.0505. The Hall–Kier alpha value is -0.640. The summed E-state index contributed by atoms with van der Waals surface area (Å²) < 4.78 is 13.2. The second-order valence-electron chi connectivity index (χ2n) is 14.9. The fourth-order valence-electron chi connectivity index (χ4n) is 6.87. The zero-order chi connectivity index (χ0) is 33.2. The van der Waals surface area contributed by atoms with Gasteiger partial charge in [-0.2, -0.15) is 0 Å². The van der Waals surface area contributed by atoms with Crippen molar-refractivity contribution in [2.75, 3.05) is 27.2 Å². The van der Waals surface area contributed by atoms with Crippen molar-refractivity contribution in [3.8, 4) is 0 Å². The summed E-state index contributed by atoms with van der Waals surface area (Å²) in [5.41, 5.74) is 0. The van der Waals surface area contributed by atoms with E-state index in [1.54, 1.807) is 0 Å². The van der Waals surface area contributed by atoms with Crippen LogP contribution in [-0.2, 0) is 9.47 Å². The van der Waals surface area contributed by atoms with E-state index in [-0.39, 0.29) is 11.9 Å². The molecule has 0 radical (unpaired) electrons. The van der Waals surface area contributed by atoms with Crippen LogP contribution in [-0.4, -0.2) is 44.0 Å². The maximum absolute atomic E-state index is 6.69. The summed E-state index contributed by atoms with van der Waals surface area (Å²) in [5.74, 6) is -0.303. The number of hydrogen-bond acceptors (Lipinski definition) is 3.